The molecule has 0 aromatic heterocycles. The number of nitrogens with zero attached hydrogens (tertiary/aromatic N) is 2. The van der Waals surface area contributed by atoms with Gasteiger partial charge in [-0.05, 0) is 5.18 Å². The third-order valence-corrected chi connectivity index (χ3v) is 1.50. The Morgan fingerprint density at radius 3 is 3.00 bits per heavy atom. The van der Waals surface area contributed by atoms with Crippen LogP contribution >= 0.6 is 11.8 Å². The molecule has 0 aliphatic carbocycles. The molecule has 3 nitrogen and oxygen atoms in total. The molecule has 0 spiro atoms. The lowest BCUT2D eigenvalue weighted by Gasteiger charge is -1.74. The smallest absolute Gasteiger partial charge is 0.226 e. The zero-order valence-electron chi connectivity index (χ0n) is 3.63. The average Bonchev–Trinajstić information content (AvgIpc) is 2.14. The van der Waals surface area contributed by atoms with E-state index in [0.717, 1.165) is 12.3 Å². The Kier molecular flexibility index (Phi) is 1.41. The first-order valence-electron chi connectivity index (χ1n) is 1.94. The van der Waals surface area contributed by atoms with Gasteiger partial charge in [-0.3, -0.25) is 4.99 Å². The molecule has 1 aliphatic rings. The van der Waals surface area contributed by atoms with Crippen molar-refractivity contribution >= 4 is 16.9 Å². The van der Waals surface area contributed by atoms with Gasteiger partial charge in [-0.25, -0.2) is 0 Å². The molecule has 0 saturated heterocycles. The second-order valence-electron chi connectivity index (χ2n) is 1.10. The zero-order valence-corrected chi connectivity index (χ0v) is 4.44. The first-order chi connectivity index (χ1) is 3.43. The predicted octanol–water partition coefficient (Wildman–Crippen LogP) is 0.856. The van der Waals surface area contributed by atoms with Gasteiger partial charge in [-0.1, -0.05) is 11.8 Å². The molecule has 0 bridgehead atoms. The molecule has 0 atom stereocenters. The summed E-state index contributed by atoms with van der Waals surface area (Å²) in [6, 6.07) is 0. The Morgan fingerprint density at radius 1 is 1.86 bits per heavy atom. The molecular formula is C3H4N2OS. The van der Waals surface area contributed by atoms with Crippen molar-refractivity contribution < 1.29 is 0 Å². The van der Waals surface area contributed by atoms with Gasteiger partial charge in [0.2, 0.25) is 5.17 Å². The largest absolute Gasteiger partial charge is 0.257 e. The molecule has 1 heterocycles. The first-order valence-corrected chi connectivity index (χ1v) is 2.92. The van der Waals surface area contributed by atoms with E-state index in [4.69, 9.17) is 0 Å². The Bertz CT molecular complexity index is 112. The van der Waals surface area contributed by atoms with E-state index in [9.17, 15) is 4.91 Å². The van der Waals surface area contributed by atoms with Crippen LogP contribution in [0.1, 0.15) is 0 Å². The van der Waals surface area contributed by atoms with E-state index in [2.05, 4.69) is 10.2 Å². The fourth-order valence-electron chi connectivity index (χ4n) is 0.379. The van der Waals surface area contributed by atoms with Gasteiger partial charge in [0, 0.05) is 5.75 Å². The summed E-state index contributed by atoms with van der Waals surface area (Å²) in [5.74, 6) is 0.918. The van der Waals surface area contributed by atoms with Crippen LogP contribution in [0.4, 0.5) is 0 Å². The van der Waals surface area contributed by atoms with E-state index < -0.39 is 0 Å². The summed E-state index contributed by atoms with van der Waals surface area (Å²) >= 11 is 1.41. The fourth-order valence-corrected chi connectivity index (χ4v) is 0.980. The molecule has 0 saturated carbocycles. The van der Waals surface area contributed by atoms with Crippen molar-refractivity contribution in [2.75, 3.05) is 12.3 Å². The third kappa shape index (κ3) is 0.991. The van der Waals surface area contributed by atoms with Crippen LogP contribution in [0.3, 0.4) is 0 Å². The molecule has 7 heavy (non-hydrogen) atoms. The summed E-state index contributed by atoms with van der Waals surface area (Å²) in [4.78, 5) is 13.4. The Hall–Kier alpha value is -0.380. The average molecular weight is 116 g/mol. The number of hydrogen-bond acceptors (Lipinski definition) is 4. The van der Waals surface area contributed by atoms with Gasteiger partial charge in [0.05, 0.1) is 6.54 Å². The molecule has 38 valence electrons. The van der Waals surface area contributed by atoms with Crippen LogP contribution in [0.25, 0.3) is 0 Å². The zero-order chi connectivity index (χ0) is 5.11. The van der Waals surface area contributed by atoms with E-state index >= 15 is 0 Å². The summed E-state index contributed by atoms with van der Waals surface area (Å²) in [5, 5.41) is 3.05. The minimum absolute atomic E-state index is 0.403. The van der Waals surface area contributed by atoms with Crippen LogP contribution in [0, 0.1) is 4.91 Å². The summed E-state index contributed by atoms with van der Waals surface area (Å²) in [5.41, 5.74) is 0. The Morgan fingerprint density at radius 2 is 2.71 bits per heavy atom. The number of nitroso groups, excluding NO2 is 1. The number of aliphatic imine (C=N–C) groups is 1. The molecule has 0 N–H and O–H groups in total. The summed E-state index contributed by atoms with van der Waals surface area (Å²) in [6.45, 7) is 0.756. The van der Waals surface area contributed by atoms with Crippen molar-refractivity contribution in [2.45, 2.75) is 0 Å². The highest BCUT2D eigenvalue weighted by atomic mass is 32.2. The molecule has 0 aromatic rings. The monoisotopic (exact) mass is 116 g/mol. The highest BCUT2D eigenvalue weighted by Crippen LogP contribution is 2.10. The van der Waals surface area contributed by atoms with Crippen LogP contribution in [0.5, 0.6) is 0 Å². The summed E-state index contributed by atoms with van der Waals surface area (Å²) in [7, 11) is 0. The molecule has 0 unspecified atom stereocenters. The molecule has 4 heteroatoms. The van der Waals surface area contributed by atoms with E-state index in [0.29, 0.717) is 5.17 Å². The van der Waals surface area contributed by atoms with Gasteiger partial charge in [-0.15, -0.1) is 4.91 Å². The van der Waals surface area contributed by atoms with Gasteiger partial charge in [0.1, 0.15) is 0 Å². The van der Waals surface area contributed by atoms with E-state index in [1.807, 2.05) is 0 Å². The molecular weight excluding hydrogens is 112 g/mol. The van der Waals surface area contributed by atoms with Crippen molar-refractivity contribution in [1.82, 2.24) is 0 Å². The van der Waals surface area contributed by atoms with Gasteiger partial charge >= 0.3 is 0 Å². The minimum atomic E-state index is 0.403. The highest BCUT2D eigenvalue weighted by molar-refractivity contribution is 8.14. The van der Waals surface area contributed by atoms with Crippen molar-refractivity contribution in [3.63, 3.8) is 0 Å². The third-order valence-electron chi connectivity index (χ3n) is 0.648. The highest BCUT2D eigenvalue weighted by Gasteiger charge is 2.04. The SMILES string of the molecule is O=NC1=NCCS1. The number of rotatable bonds is 0. The molecule has 0 aromatic carbocycles. The molecule has 0 fully saturated rings. The van der Waals surface area contributed by atoms with Gasteiger partial charge < -0.3 is 0 Å². The van der Waals surface area contributed by atoms with Crippen LogP contribution in [0.15, 0.2) is 10.2 Å². The van der Waals surface area contributed by atoms with Crippen molar-refractivity contribution in [3.8, 4) is 0 Å². The lowest BCUT2D eigenvalue weighted by atomic mass is 10.8. The molecule has 0 amide bonds. The van der Waals surface area contributed by atoms with E-state index in [-0.39, 0.29) is 0 Å². The Balaban J connectivity index is 2.51. The first kappa shape index (κ1) is 4.77. The molecule has 0 radical (unpaired) electrons. The number of amidine groups is 1. The second-order valence-corrected chi connectivity index (χ2v) is 2.17. The van der Waals surface area contributed by atoms with Crippen molar-refractivity contribution in [2.24, 2.45) is 10.2 Å². The maximum absolute atomic E-state index is 9.61. The van der Waals surface area contributed by atoms with E-state index in [1.165, 1.54) is 11.8 Å². The minimum Gasteiger partial charge on any atom is -0.257 e. The Labute approximate surface area is 45.2 Å². The van der Waals surface area contributed by atoms with Gasteiger partial charge in [0.15, 0.2) is 0 Å². The van der Waals surface area contributed by atoms with Gasteiger partial charge in [0.25, 0.3) is 0 Å². The predicted molar refractivity (Wildman–Crippen MR) is 30.6 cm³/mol. The van der Waals surface area contributed by atoms with Gasteiger partial charge in [-0.2, -0.15) is 0 Å². The normalized spacial score (nSPS) is 19.1. The maximum atomic E-state index is 9.61. The summed E-state index contributed by atoms with van der Waals surface area (Å²) in [6.07, 6.45) is 0. The lowest BCUT2D eigenvalue weighted by Crippen LogP contribution is -1.73. The van der Waals surface area contributed by atoms with Crippen molar-refractivity contribution in [3.05, 3.63) is 4.91 Å². The van der Waals surface area contributed by atoms with Crippen LogP contribution < -0.4 is 0 Å². The number of hydrogen-bond donors (Lipinski definition) is 0. The van der Waals surface area contributed by atoms with Crippen LogP contribution in [0.2, 0.25) is 0 Å². The maximum Gasteiger partial charge on any atom is 0.226 e. The second kappa shape index (κ2) is 2.07. The van der Waals surface area contributed by atoms with Crippen molar-refractivity contribution in [1.29, 1.82) is 0 Å². The molecule has 1 rings (SSSR count). The fraction of sp³-hybridized carbons (Fsp3) is 0.667. The summed E-state index contributed by atoms with van der Waals surface area (Å²) < 4.78 is 0. The quantitative estimate of drug-likeness (QED) is 0.440. The molecule has 1 aliphatic heterocycles. The van der Waals surface area contributed by atoms with Crippen LogP contribution in [-0.2, 0) is 0 Å². The van der Waals surface area contributed by atoms with Crippen LogP contribution in [-0.4, -0.2) is 17.5 Å². The standard InChI is InChI=1S/C3H4N2OS/c6-5-3-4-1-2-7-3/h1-2H2. The lowest BCUT2D eigenvalue weighted by molar-refractivity contribution is 1.17. The topological polar surface area (TPSA) is 41.8 Å². The van der Waals surface area contributed by atoms with E-state index in [1.54, 1.807) is 0 Å². The number of thioether (sulfide) groups is 1.